The van der Waals surface area contributed by atoms with Crippen molar-refractivity contribution in [2.75, 3.05) is 5.73 Å². The number of nitrogens with zero attached hydrogens (tertiary/aromatic N) is 1. The topological polar surface area (TPSA) is 48.1 Å². The van der Waals surface area contributed by atoms with Gasteiger partial charge in [0, 0.05) is 41.3 Å². The van der Waals surface area contributed by atoms with Crippen LogP contribution >= 0.6 is 0 Å². The Bertz CT molecular complexity index is 849. The van der Waals surface area contributed by atoms with Crippen LogP contribution in [0, 0.1) is 0 Å². The number of alkyl halides is 2. The number of pyridine rings is 1. The molecule has 0 bridgehead atoms. The summed E-state index contributed by atoms with van der Waals surface area (Å²) in [5.74, 6) is -1.54. The van der Waals surface area contributed by atoms with Crippen LogP contribution in [0.2, 0.25) is 0 Å². The summed E-state index contributed by atoms with van der Waals surface area (Å²) < 4.78 is 32.4. The van der Waals surface area contributed by atoms with Gasteiger partial charge in [-0.3, -0.25) is 0 Å². The molecule has 0 aliphatic carbocycles. The molecule has 6 heteroatoms. The van der Waals surface area contributed by atoms with Gasteiger partial charge in [-0.2, -0.15) is 0 Å². The SMILES string of the molecule is CC(F)(F)c1cccc(Oc2ccc(-c3cccnc3N)cc2)c1.[Cu]. The Balaban J connectivity index is 0.00000225. The Morgan fingerprint density at radius 1 is 0.960 bits per heavy atom. The molecule has 0 aliphatic rings. The molecule has 1 radical (unpaired) electrons. The molecule has 2 N–H and O–H groups in total. The Labute approximate surface area is 155 Å². The van der Waals surface area contributed by atoms with Crippen LogP contribution in [0.5, 0.6) is 11.5 Å². The van der Waals surface area contributed by atoms with E-state index in [9.17, 15) is 8.78 Å². The first-order valence-electron chi connectivity index (χ1n) is 7.40. The van der Waals surface area contributed by atoms with Crippen LogP contribution in [-0.4, -0.2) is 4.98 Å². The fraction of sp³-hybridized carbons (Fsp3) is 0.105. The first-order valence-corrected chi connectivity index (χ1v) is 7.40. The first-order chi connectivity index (χ1) is 11.4. The van der Waals surface area contributed by atoms with Crippen LogP contribution in [0.4, 0.5) is 14.6 Å². The molecular formula is C19H16CuF2N2O. The van der Waals surface area contributed by atoms with E-state index in [-0.39, 0.29) is 22.6 Å². The van der Waals surface area contributed by atoms with E-state index in [0.717, 1.165) is 18.1 Å². The summed E-state index contributed by atoms with van der Waals surface area (Å²) in [4.78, 5) is 4.05. The van der Waals surface area contributed by atoms with E-state index in [1.807, 2.05) is 24.3 Å². The van der Waals surface area contributed by atoms with Gasteiger partial charge in [-0.25, -0.2) is 13.8 Å². The Kier molecular flexibility index (Phi) is 5.77. The summed E-state index contributed by atoms with van der Waals surface area (Å²) in [7, 11) is 0. The number of aromatic nitrogens is 1. The van der Waals surface area contributed by atoms with Crippen molar-refractivity contribution in [2.24, 2.45) is 0 Å². The van der Waals surface area contributed by atoms with Crippen molar-refractivity contribution in [3.05, 3.63) is 72.4 Å². The van der Waals surface area contributed by atoms with E-state index < -0.39 is 5.92 Å². The number of anilines is 1. The number of benzene rings is 2. The molecule has 0 aliphatic heterocycles. The number of halogens is 2. The Hall–Kier alpha value is -2.43. The van der Waals surface area contributed by atoms with E-state index >= 15 is 0 Å². The maximum absolute atomic E-state index is 13.4. The van der Waals surface area contributed by atoms with E-state index in [1.54, 1.807) is 30.5 Å². The normalized spacial score (nSPS) is 10.8. The third kappa shape index (κ3) is 4.56. The molecule has 133 valence electrons. The van der Waals surface area contributed by atoms with Gasteiger partial charge in [0.05, 0.1) is 0 Å². The third-order valence-corrected chi connectivity index (χ3v) is 3.58. The number of ether oxygens (including phenoxy) is 1. The monoisotopic (exact) mass is 389 g/mol. The minimum atomic E-state index is -2.90. The van der Waals surface area contributed by atoms with Crippen LogP contribution in [0.25, 0.3) is 11.1 Å². The van der Waals surface area contributed by atoms with Crippen LogP contribution in [0.1, 0.15) is 12.5 Å². The van der Waals surface area contributed by atoms with E-state index in [4.69, 9.17) is 10.5 Å². The minimum Gasteiger partial charge on any atom is -0.457 e. The predicted octanol–water partition coefficient (Wildman–Crippen LogP) is 5.23. The molecule has 25 heavy (non-hydrogen) atoms. The summed E-state index contributed by atoms with van der Waals surface area (Å²) in [5.41, 5.74) is 7.51. The van der Waals surface area contributed by atoms with Crippen LogP contribution in [0.15, 0.2) is 66.9 Å². The molecule has 0 atom stereocenters. The van der Waals surface area contributed by atoms with Gasteiger partial charge >= 0.3 is 0 Å². The largest absolute Gasteiger partial charge is 0.457 e. The quantitative estimate of drug-likeness (QED) is 0.621. The molecule has 3 aromatic rings. The van der Waals surface area contributed by atoms with Crippen LogP contribution in [0.3, 0.4) is 0 Å². The number of rotatable bonds is 4. The van der Waals surface area contributed by atoms with Crippen molar-refractivity contribution >= 4 is 5.82 Å². The molecule has 0 spiro atoms. The zero-order valence-corrected chi connectivity index (χ0v) is 14.3. The van der Waals surface area contributed by atoms with Crippen molar-refractivity contribution in [1.82, 2.24) is 4.98 Å². The minimum absolute atomic E-state index is 0. The molecule has 0 fully saturated rings. The van der Waals surface area contributed by atoms with Crippen molar-refractivity contribution in [2.45, 2.75) is 12.8 Å². The maximum Gasteiger partial charge on any atom is 0.270 e. The number of nitrogen functional groups attached to an aromatic ring is 1. The number of hydrogen-bond donors (Lipinski definition) is 1. The van der Waals surface area contributed by atoms with Crippen LogP contribution < -0.4 is 10.5 Å². The van der Waals surface area contributed by atoms with Gasteiger partial charge in [-0.1, -0.05) is 24.3 Å². The van der Waals surface area contributed by atoms with Crippen molar-refractivity contribution < 1.29 is 30.6 Å². The number of nitrogens with two attached hydrogens (primary N) is 1. The molecule has 2 aromatic carbocycles. The van der Waals surface area contributed by atoms with Gasteiger partial charge in [0.25, 0.3) is 5.92 Å². The Morgan fingerprint density at radius 2 is 1.68 bits per heavy atom. The Morgan fingerprint density at radius 3 is 2.32 bits per heavy atom. The van der Waals surface area contributed by atoms with Crippen molar-refractivity contribution in [3.63, 3.8) is 0 Å². The first kappa shape index (κ1) is 18.9. The molecule has 0 amide bonds. The van der Waals surface area contributed by atoms with E-state index in [1.165, 1.54) is 12.1 Å². The second-order valence-electron chi connectivity index (χ2n) is 5.48. The molecule has 3 rings (SSSR count). The molecule has 0 unspecified atom stereocenters. The average Bonchev–Trinajstić information content (AvgIpc) is 2.56. The molecule has 3 nitrogen and oxygen atoms in total. The third-order valence-electron chi connectivity index (χ3n) is 3.58. The number of hydrogen-bond acceptors (Lipinski definition) is 3. The summed E-state index contributed by atoms with van der Waals surface area (Å²) in [6, 6.07) is 16.8. The average molecular weight is 390 g/mol. The van der Waals surface area contributed by atoms with E-state index in [0.29, 0.717) is 17.3 Å². The molecule has 0 saturated heterocycles. The smallest absolute Gasteiger partial charge is 0.270 e. The second kappa shape index (κ2) is 7.64. The molecule has 0 saturated carbocycles. The summed E-state index contributed by atoms with van der Waals surface area (Å²) >= 11 is 0. The molecule has 1 aromatic heterocycles. The predicted molar refractivity (Wildman–Crippen MR) is 90.2 cm³/mol. The van der Waals surface area contributed by atoms with E-state index in [2.05, 4.69) is 4.98 Å². The fourth-order valence-electron chi connectivity index (χ4n) is 2.33. The summed E-state index contributed by atoms with van der Waals surface area (Å²) in [6.07, 6.45) is 1.63. The van der Waals surface area contributed by atoms with Gasteiger partial charge in [0.1, 0.15) is 17.3 Å². The van der Waals surface area contributed by atoms with Gasteiger partial charge in [0.15, 0.2) is 0 Å². The van der Waals surface area contributed by atoms with Crippen molar-refractivity contribution in [1.29, 1.82) is 0 Å². The standard InChI is InChI=1S/C19H16F2N2O.Cu/c1-19(20,21)14-4-2-5-16(12-14)24-15-9-7-13(8-10-15)17-6-3-11-23-18(17)22;/h2-12H,1H3,(H2,22,23);. The van der Waals surface area contributed by atoms with Gasteiger partial charge < -0.3 is 10.5 Å². The zero-order valence-electron chi connectivity index (χ0n) is 13.3. The second-order valence-corrected chi connectivity index (χ2v) is 5.48. The van der Waals surface area contributed by atoms with Gasteiger partial charge in [-0.05, 0) is 42.0 Å². The summed E-state index contributed by atoms with van der Waals surface area (Å²) in [6.45, 7) is 0.860. The maximum atomic E-state index is 13.4. The zero-order chi connectivity index (χ0) is 17.2. The van der Waals surface area contributed by atoms with Gasteiger partial charge in [-0.15, -0.1) is 0 Å². The summed E-state index contributed by atoms with van der Waals surface area (Å²) in [5, 5.41) is 0. The fourth-order valence-corrected chi connectivity index (χ4v) is 2.33. The van der Waals surface area contributed by atoms with Crippen molar-refractivity contribution in [3.8, 4) is 22.6 Å². The molecular weight excluding hydrogens is 374 g/mol. The molecule has 1 heterocycles. The van der Waals surface area contributed by atoms with Gasteiger partial charge in [0.2, 0.25) is 0 Å². The van der Waals surface area contributed by atoms with Crippen LogP contribution in [-0.2, 0) is 23.0 Å².